The maximum Gasteiger partial charge on any atom is 0.248 e. The van der Waals surface area contributed by atoms with Gasteiger partial charge < -0.3 is 4.42 Å². The topological polar surface area (TPSA) is 77.6 Å². The van der Waals surface area contributed by atoms with Crippen molar-refractivity contribution in [3.05, 3.63) is 78.8 Å². The zero-order chi connectivity index (χ0) is 20.1. The van der Waals surface area contributed by atoms with Gasteiger partial charge in [0.05, 0.1) is 5.52 Å². The second-order valence-corrected chi connectivity index (χ2v) is 7.09. The minimum Gasteiger partial charge on any atom is -0.416 e. The quantitative estimate of drug-likeness (QED) is 0.371. The van der Waals surface area contributed by atoms with E-state index in [2.05, 4.69) is 39.2 Å². The van der Waals surface area contributed by atoms with Crippen molar-refractivity contribution in [3.8, 4) is 23.0 Å². The van der Waals surface area contributed by atoms with Crippen molar-refractivity contribution in [2.24, 2.45) is 0 Å². The summed E-state index contributed by atoms with van der Waals surface area (Å²) in [5.74, 6) is 1.07. The van der Waals surface area contributed by atoms with E-state index in [1.165, 1.54) is 0 Å². The van der Waals surface area contributed by atoms with E-state index in [1.807, 2.05) is 43.3 Å². The molecule has 0 radical (unpaired) electrons. The molecule has 0 amide bonds. The molecule has 6 rings (SSSR count). The van der Waals surface area contributed by atoms with Gasteiger partial charge >= 0.3 is 0 Å². The summed E-state index contributed by atoms with van der Waals surface area (Å²) < 4.78 is 5.77. The van der Waals surface area contributed by atoms with Crippen LogP contribution in [0.4, 0.5) is 0 Å². The third-order valence-corrected chi connectivity index (χ3v) is 5.19. The largest absolute Gasteiger partial charge is 0.416 e. The highest BCUT2D eigenvalue weighted by atomic mass is 16.4. The molecule has 6 aromatic rings. The SMILES string of the molecule is Cc1nc(-c2ccnc(-c3nc4cccnc4o3)c2)nc2c1ccc1ccccc12. The number of pyridine rings is 2. The number of aryl methyl sites for hydroxylation is 1. The standard InChI is InChI=1S/C24H15N5O/c1-14-17-9-8-15-5-2-3-6-18(15)21(17)29-22(27-14)16-10-12-25-20(13-16)24-28-19-7-4-11-26-23(19)30-24/h2-13H,1H3. The normalized spacial score (nSPS) is 11.5. The van der Waals surface area contributed by atoms with Crippen LogP contribution >= 0.6 is 0 Å². The van der Waals surface area contributed by atoms with Gasteiger partial charge in [-0.15, -0.1) is 0 Å². The van der Waals surface area contributed by atoms with E-state index in [0.717, 1.165) is 32.9 Å². The summed E-state index contributed by atoms with van der Waals surface area (Å²) in [5.41, 5.74) is 4.54. The molecular weight excluding hydrogens is 374 g/mol. The Morgan fingerprint density at radius 2 is 1.70 bits per heavy atom. The van der Waals surface area contributed by atoms with Gasteiger partial charge in [0.2, 0.25) is 11.6 Å². The van der Waals surface area contributed by atoms with Crippen molar-refractivity contribution in [2.75, 3.05) is 0 Å². The van der Waals surface area contributed by atoms with Gasteiger partial charge in [0.15, 0.2) is 5.82 Å². The molecule has 0 bridgehead atoms. The molecular formula is C24H15N5O. The lowest BCUT2D eigenvalue weighted by Crippen LogP contribution is -1.96. The molecule has 0 unspecified atom stereocenters. The van der Waals surface area contributed by atoms with Gasteiger partial charge in [-0.3, -0.25) is 4.98 Å². The fourth-order valence-corrected chi connectivity index (χ4v) is 3.71. The Hall–Kier alpha value is -4.19. The Morgan fingerprint density at radius 3 is 2.63 bits per heavy atom. The molecule has 0 atom stereocenters. The summed E-state index contributed by atoms with van der Waals surface area (Å²) in [4.78, 5) is 22.8. The number of rotatable bonds is 2. The summed E-state index contributed by atoms with van der Waals surface area (Å²) in [6.45, 7) is 2.01. The van der Waals surface area contributed by atoms with Crippen LogP contribution in [0, 0.1) is 6.92 Å². The van der Waals surface area contributed by atoms with Gasteiger partial charge in [-0.2, -0.15) is 0 Å². The zero-order valence-corrected chi connectivity index (χ0v) is 16.1. The molecule has 0 aliphatic carbocycles. The van der Waals surface area contributed by atoms with Gasteiger partial charge in [-0.05, 0) is 36.6 Å². The molecule has 6 heteroatoms. The van der Waals surface area contributed by atoms with E-state index in [0.29, 0.717) is 28.6 Å². The van der Waals surface area contributed by atoms with Crippen LogP contribution < -0.4 is 0 Å². The number of nitrogens with zero attached hydrogens (tertiary/aromatic N) is 5. The predicted octanol–water partition coefficient (Wildman–Crippen LogP) is 5.36. The maximum atomic E-state index is 5.77. The highest BCUT2D eigenvalue weighted by Gasteiger charge is 2.14. The first-order valence-electron chi connectivity index (χ1n) is 9.61. The van der Waals surface area contributed by atoms with E-state index < -0.39 is 0 Å². The summed E-state index contributed by atoms with van der Waals surface area (Å²) >= 11 is 0. The van der Waals surface area contributed by atoms with Crippen molar-refractivity contribution < 1.29 is 4.42 Å². The number of oxazole rings is 1. The second kappa shape index (κ2) is 6.42. The average Bonchev–Trinajstić information content (AvgIpc) is 3.23. The van der Waals surface area contributed by atoms with Crippen LogP contribution in [0.25, 0.3) is 55.9 Å². The van der Waals surface area contributed by atoms with Crippen molar-refractivity contribution in [3.63, 3.8) is 0 Å². The zero-order valence-electron chi connectivity index (χ0n) is 16.1. The van der Waals surface area contributed by atoms with Crippen LogP contribution in [0.2, 0.25) is 0 Å². The smallest absolute Gasteiger partial charge is 0.248 e. The molecule has 6 nitrogen and oxygen atoms in total. The Balaban J connectivity index is 1.53. The molecule has 0 spiro atoms. The van der Waals surface area contributed by atoms with Gasteiger partial charge in [0.25, 0.3) is 0 Å². The lowest BCUT2D eigenvalue weighted by Gasteiger charge is -2.09. The van der Waals surface area contributed by atoms with Gasteiger partial charge in [0, 0.05) is 34.4 Å². The molecule has 30 heavy (non-hydrogen) atoms. The fourth-order valence-electron chi connectivity index (χ4n) is 3.71. The van der Waals surface area contributed by atoms with E-state index in [1.54, 1.807) is 12.4 Å². The highest BCUT2D eigenvalue weighted by Crippen LogP contribution is 2.29. The minimum atomic E-state index is 0.425. The van der Waals surface area contributed by atoms with E-state index in [4.69, 9.17) is 14.4 Å². The number of hydrogen-bond donors (Lipinski definition) is 0. The molecule has 0 fully saturated rings. The molecule has 0 aliphatic heterocycles. The highest BCUT2D eigenvalue weighted by molar-refractivity contribution is 6.06. The first-order chi connectivity index (χ1) is 14.8. The molecule has 0 N–H and O–H groups in total. The molecule has 4 aromatic heterocycles. The third-order valence-electron chi connectivity index (χ3n) is 5.19. The van der Waals surface area contributed by atoms with Crippen LogP contribution in [0.15, 0.2) is 77.5 Å². The average molecular weight is 389 g/mol. The van der Waals surface area contributed by atoms with Gasteiger partial charge in [-0.1, -0.05) is 36.4 Å². The Bertz CT molecular complexity index is 1540. The first-order valence-corrected chi connectivity index (χ1v) is 9.61. The molecule has 4 heterocycles. The maximum absolute atomic E-state index is 5.77. The van der Waals surface area contributed by atoms with E-state index in [9.17, 15) is 0 Å². The lowest BCUT2D eigenvalue weighted by molar-refractivity contribution is 0.605. The van der Waals surface area contributed by atoms with Crippen LogP contribution in [-0.4, -0.2) is 24.9 Å². The van der Waals surface area contributed by atoms with Crippen molar-refractivity contribution in [1.29, 1.82) is 0 Å². The first kappa shape index (κ1) is 16.7. The van der Waals surface area contributed by atoms with E-state index >= 15 is 0 Å². The Morgan fingerprint density at radius 1 is 0.767 bits per heavy atom. The van der Waals surface area contributed by atoms with Crippen LogP contribution in [0.5, 0.6) is 0 Å². The predicted molar refractivity (Wildman–Crippen MR) is 116 cm³/mol. The number of fused-ring (bicyclic) bond motifs is 4. The van der Waals surface area contributed by atoms with E-state index in [-0.39, 0.29) is 0 Å². The Kier molecular flexibility index (Phi) is 3.58. The summed E-state index contributed by atoms with van der Waals surface area (Å²) in [5, 5.41) is 3.32. The summed E-state index contributed by atoms with van der Waals surface area (Å²) in [7, 11) is 0. The van der Waals surface area contributed by atoms with Crippen molar-refractivity contribution >= 4 is 32.9 Å². The van der Waals surface area contributed by atoms with Crippen LogP contribution in [0.1, 0.15) is 5.69 Å². The second-order valence-electron chi connectivity index (χ2n) is 7.09. The minimum absolute atomic E-state index is 0.425. The summed E-state index contributed by atoms with van der Waals surface area (Å²) in [6, 6.07) is 19.9. The summed E-state index contributed by atoms with van der Waals surface area (Å²) in [6.07, 6.45) is 3.40. The molecule has 2 aromatic carbocycles. The number of hydrogen-bond acceptors (Lipinski definition) is 6. The number of benzene rings is 2. The molecule has 0 saturated carbocycles. The monoisotopic (exact) mass is 389 g/mol. The number of aromatic nitrogens is 5. The lowest BCUT2D eigenvalue weighted by atomic mass is 10.0. The van der Waals surface area contributed by atoms with Gasteiger partial charge in [-0.25, -0.2) is 19.9 Å². The van der Waals surface area contributed by atoms with Gasteiger partial charge in [0.1, 0.15) is 11.2 Å². The van der Waals surface area contributed by atoms with Crippen LogP contribution in [-0.2, 0) is 0 Å². The molecule has 0 aliphatic rings. The van der Waals surface area contributed by atoms with Crippen molar-refractivity contribution in [2.45, 2.75) is 6.92 Å². The third kappa shape index (κ3) is 2.62. The van der Waals surface area contributed by atoms with Crippen molar-refractivity contribution in [1.82, 2.24) is 24.9 Å². The molecule has 0 saturated heterocycles. The molecule has 142 valence electrons. The Labute approximate surface area is 171 Å². The van der Waals surface area contributed by atoms with Crippen LogP contribution in [0.3, 0.4) is 0 Å². The fraction of sp³-hybridized carbons (Fsp3) is 0.0417.